The molecule has 2 nitrogen and oxygen atoms in total. The summed E-state index contributed by atoms with van der Waals surface area (Å²) in [6, 6.07) is 18.8. The summed E-state index contributed by atoms with van der Waals surface area (Å²) >= 11 is 5.69. The molecular weight excluding hydrogens is 266 g/mol. The summed E-state index contributed by atoms with van der Waals surface area (Å²) in [6.07, 6.45) is 1.02. The molecule has 100 valence electrons. The third kappa shape index (κ3) is 1.45. The number of thiocarbonyl (C=S) groups is 1. The van der Waals surface area contributed by atoms with Gasteiger partial charge in [-0.15, -0.1) is 0 Å². The fourth-order valence-electron chi connectivity index (χ4n) is 3.31. The summed E-state index contributed by atoms with van der Waals surface area (Å²) in [7, 11) is 0. The zero-order valence-electron chi connectivity index (χ0n) is 11.1. The molecule has 0 spiro atoms. The van der Waals surface area contributed by atoms with E-state index < -0.39 is 5.72 Å². The number of hydrogen-bond donors (Lipinski definition) is 0. The minimum Gasteiger partial charge on any atom is -0.347 e. The fraction of sp³-hybridized carbons (Fsp3) is 0.235. The molecule has 1 unspecified atom stereocenters. The van der Waals surface area contributed by atoms with Gasteiger partial charge in [-0.2, -0.15) is 0 Å². The van der Waals surface area contributed by atoms with E-state index in [1.54, 1.807) is 0 Å². The van der Waals surface area contributed by atoms with Gasteiger partial charge in [0.2, 0.25) is 0 Å². The Bertz CT molecular complexity index is 670. The molecule has 4 rings (SSSR count). The Morgan fingerprint density at radius 3 is 2.60 bits per heavy atom. The number of hydrogen-bond acceptors (Lipinski definition) is 2. The van der Waals surface area contributed by atoms with Gasteiger partial charge in [0.05, 0.1) is 6.61 Å². The SMILES string of the molecule is S=C1c2ccccc2C2(c3ccccc3)OCCCN12. The molecule has 0 N–H and O–H groups in total. The number of ether oxygens (including phenoxy) is 1. The van der Waals surface area contributed by atoms with Crippen LogP contribution in [-0.2, 0) is 10.5 Å². The minimum absolute atomic E-state index is 0.521. The van der Waals surface area contributed by atoms with E-state index in [9.17, 15) is 0 Å². The fourth-order valence-corrected chi connectivity index (χ4v) is 3.71. The van der Waals surface area contributed by atoms with Gasteiger partial charge in [-0.05, 0) is 6.42 Å². The average molecular weight is 281 g/mol. The van der Waals surface area contributed by atoms with Crippen LogP contribution in [0.1, 0.15) is 23.1 Å². The van der Waals surface area contributed by atoms with E-state index in [2.05, 4.69) is 47.4 Å². The van der Waals surface area contributed by atoms with E-state index in [0.29, 0.717) is 0 Å². The van der Waals surface area contributed by atoms with Gasteiger partial charge in [0.15, 0.2) is 5.72 Å². The molecule has 1 fully saturated rings. The summed E-state index contributed by atoms with van der Waals surface area (Å²) in [6.45, 7) is 1.71. The third-order valence-corrected chi connectivity index (χ3v) is 4.59. The summed E-state index contributed by atoms with van der Waals surface area (Å²) in [5.74, 6) is 0. The molecule has 0 amide bonds. The minimum atomic E-state index is -0.521. The molecule has 1 saturated heterocycles. The normalized spacial score (nSPS) is 24.4. The Balaban J connectivity index is 2.01. The maximum absolute atomic E-state index is 6.31. The van der Waals surface area contributed by atoms with Gasteiger partial charge in [-0.25, -0.2) is 0 Å². The maximum atomic E-state index is 6.31. The second-order valence-electron chi connectivity index (χ2n) is 5.21. The van der Waals surface area contributed by atoms with Crippen LogP contribution in [0.3, 0.4) is 0 Å². The largest absolute Gasteiger partial charge is 0.347 e. The Morgan fingerprint density at radius 2 is 1.75 bits per heavy atom. The lowest BCUT2D eigenvalue weighted by atomic mass is 9.92. The van der Waals surface area contributed by atoms with E-state index in [1.807, 2.05) is 12.1 Å². The van der Waals surface area contributed by atoms with Gasteiger partial charge >= 0.3 is 0 Å². The lowest BCUT2D eigenvalue weighted by Gasteiger charge is -2.43. The first-order valence-corrected chi connectivity index (χ1v) is 7.36. The summed E-state index contributed by atoms with van der Waals surface area (Å²) in [5, 5.41) is 0. The molecule has 1 atom stereocenters. The van der Waals surface area contributed by atoms with E-state index >= 15 is 0 Å². The molecule has 20 heavy (non-hydrogen) atoms. The standard InChI is InChI=1S/C17H15NOS/c20-16-14-9-4-5-10-15(14)17(13-7-2-1-3-8-13)18(16)11-6-12-19-17/h1-5,7-10H,6,11-12H2. The Morgan fingerprint density at radius 1 is 1.00 bits per heavy atom. The van der Waals surface area contributed by atoms with Gasteiger partial charge in [-0.3, -0.25) is 0 Å². The summed E-state index contributed by atoms with van der Waals surface area (Å²) in [4.78, 5) is 3.15. The molecule has 2 aromatic carbocycles. The van der Waals surface area contributed by atoms with Gasteiger partial charge in [0.25, 0.3) is 0 Å². The molecule has 2 heterocycles. The zero-order chi connectivity index (χ0) is 13.6. The van der Waals surface area contributed by atoms with Crippen molar-refractivity contribution in [3.63, 3.8) is 0 Å². The van der Waals surface area contributed by atoms with Gasteiger partial charge < -0.3 is 9.64 Å². The van der Waals surface area contributed by atoms with Crippen LogP contribution in [0.5, 0.6) is 0 Å². The highest BCUT2D eigenvalue weighted by Gasteiger charge is 2.51. The second kappa shape index (κ2) is 4.40. The Kier molecular flexibility index (Phi) is 2.65. The quantitative estimate of drug-likeness (QED) is 0.744. The van der Waals surface area contributed by atoms with E-state index in [-0.39, 0.29) is 0 Å². The average Bonchev–Trinajstić information content (AvgIpc) is 2.80. The summed E-state index contributed by atoms with van der Waals surface area (Å²) < 4.78 is 6.31. The van der Waals surface area contributed by atoms with Gasteiger partial charge in [0, 0.05) is 23.2 Å². The lowest BCUT2D eigenvalue weighted by molar-refractivity contribution is -0.127. The Hall–Kier alpha value is -1.71. The molecule has 0 radical (unpaired) electrons. The predicted octanol–water partition coefficient (Wildman–Crippen LogP) is 3.30. The molecule has 0 aromatic heterocycles. The van der Waals surface area contributed by atoms with Crippen molar-refractivity contribution in [3.8, 4) is 0 Å². The zero-order valence-corrected chi connectivity index (χ0v) is 11.9. The number of fused-ring (bicyclic) bond motifs is 3. The first-order valence-electron chi connectivity index (χ1n) is 6.95. The van der Waals surface area contributed by atoms with Crippen LogP contribution in [0, 0.1) is 0 Å². The monoisotopic (exact) mass is 281 g/mol. The van der Waals surface area contributed by atoms with Crippen molar-refractivity contribution in [3.05, 3.63) is 71.3 Å². The van der Waals surface area contributed by atoms with Crippen LogP contribution in [0.2, 0.25) is 0 Å². The van der Waals surface area contributed by atoms with Gasteiger partial charge in [0.1, 0.15) is 4.99 Å². The van der Waals surface area contributed by atoms with Crippen LogP contribution in [0.15, 0.2) is 54.6 Å². The number of nitrogens with zero attached hydrogens (tertiary/aromatic N) is 1. The highest BCUT2D eigenvalue weighted by molar-refractivity contribution is 7.80. The predicted molar refractivity (Wildman–Crippen MR) is 82.6 cm³/mol. The van der Waals surface area contributed by atoms with Crippen molar-refractivity contribution in [2.45, 2.75) is 12.1 Å². The smallest absolute Gasteiger partial charge is 0.195 e. The molecule has 0 saturated carbocycles. The topological polar surface area (TPSA) is 12.5 Å². The first kappa shape index (κ1) is 12.1. The number of benzene rings is 2. The molecular formula is C17H15NOS. The van der Waals surface area contributed by atoms with Crippen LogP contribution in [0.4, 0.5) is 0 Å². The Labute approximate surface area is 124 Å². The summed E-state index contributed by atoms with van der Waals surface area (Å²) in [5.41, 5.74) is 2.95. The molecule has 2 aliphatic heterocycles. The van der Waals surface area contributed by atoms with Crippen molar-refractivity contribution in [2.24, 2.45) is 0 Å². The molecule has 2 aromatic rings. The van der Waals surface area contributed by atoms with Crippen LogP contribution in [0.25, 0.3) is 0 Å². The van der Waals surface area contributed by atoms with Gasteiger partial charge in [-0.1, -0.05) is 66.8 Å². The maximum Gasteiger partial charge on any atom is 0.195 e. The van der Waals surface area contributed by atoms with Crippen molar-refractivity contribution in [1.29, 1.82) is 0 Å². The lowest BCUT2D eigenvalue weighted by Crippen LogP contribution is -2.50. The highest BCUT2D eigenvalue weighted by Crippen LogP contribution is 2.47. The second-order valence-corrected chi connectivity index (χ2v) is 5.60. The highest BCUT2D eigenvalue weighted by atomic mass is 32.1. The molecule has 0 aliphatic carbocycles. The molecule has 0 bridgehead atoms. The van der Waals surface area contributed by atoms with Crippen molar-refractivity contribution >= 4 is 17.2 Å². The van der Waals surface area contributed by atoms with Crippen LogP contribution < -0.4 is 0 Å². The first-order chi connectivity index (χ1) is 9.84. The van der Waals surface area contributed by atoms with E-state index in [1.165, 1.54) is 5.56 Å². The van der Waals surface area contributed by atoms with Crippen molar-refractivity contribution in [1.82, 2.24) is 4.90 Å². The third-order valence-electron chi connectivity index (χ3n) is 4.15. The van der Waals surface area contributed by atoms with Crippen LogP contribution in [-0.4, -0.2) is 23.0 Å². The number of rotatable bonds is 1. The molecule has 2 aliphatic rings. The van der Waals surface area contributed by atoms with E-state index in [4.69, 9.17) is 17.0 Å². The van der Waals surface area contributed by atoms with Crippen molar-refractivity contribution < 1.29 is 4.74 Å². The van der Waals surface area contributed by atoms with Crippen LogP contribution >= 0.6 is 12.2 Å². The molecule has 3 heteroatoms. The van der Waals surface area contributed by atoms with E-state index in [0.717, 1.165) is 35.7 Å². The van der Waals surface area contributed by atoms with Crippen molar-refractivity contribution in [2.75, 3.05) is 13.2 Å².